The predicted molar refractivity (Wildman–Crippen MR) is 78.1 cm³/mol. The van der Waals surface area contributed by atoms with Crippen molar-refractivity contribution in [3.05, 3.63) is 41.3 Å². The molecule has 0 aliphatic carbocycles. The van der Waals surface area contributed by atoms with Gasteiger partial charge in [0.2, 0.25) is 0 Å². The van der Waals surface area contributed by atoms with Crippen molar-refractivity contribution in [2.75, 3.05) is 0 Å². The summed E-state index contributed by atoms with van der Waals surface area (Å²) in [6, 6.07) is 7.12. The van der Waals surface area contributed by atoms with E-state index in [4.69, 9.17) is 10.7 Å². The van der Waals surface area contributed by atoms with E-state index in [2.05, 4.69) is 49.7 Å². The van der Waals surface area contributed by atoms with Crippen molar-refractivity contribution in [1.82, 2.24) is 9.55 Å². The second-order valence-corrected chi connectivity index (χ2v) is 5.71. The Morgan fingerprint density at radius 1 is 1.32 bits per heavy atom. The molecule has 1 aromatic carbocycles. The van der Waals surface area contributed by atoms with Crippen LogP contribution in [0.25, 0.3) is 11.3 Å². The highest BCUT2D eigenvalue weighted by molar-refractivity contribution is 5.63. The lowest BCUT2D eigenvalue weighted by molar-refractivity contribution is 0.368. The zero-order valence-electron chi connectivity index (χ0n) is 11.9. The molecule has 1 aliphatic rings. The number of rotatable bonds is 1. The molecule has 1 aliphatic heterocycles. The third-order valence-corrected chi connectivity index (χ3v) is 4.23. The lowest BCUT2D eigenvalue weighted by Crippen LogP contribution is -2.35. The molecule has 0 saturated heterocycles. The number of imidazole rings is 1. The van der Waals surface area contributed by atoms with E-state index >= 15 is 0 Å². The molecule has 2 heterocycles. The molecule has 19 heavy (non-hydrogen) atoms. The summed E-state index contributed by atoms with van der Waals surface area (Å²) in [5.41, 5.74) is 11.0. The van der Waals surface area contributed by atoms with Crippen LogP contribution in [-0.4, -0.2) is 15.6 Å². The van der Waals surface area contributed by atoms with Crippen molar-refractivity contribution >= 4 is 0 Å². The van der Waals surface area contributed by atoms with Crippen LogP contribution in [0.4, 0.5) is 0 Å². The molecule has 0 saturated carbocycles. The van der Waals surface area contributed by atoms with Crippen molar-refractivity contribution in [3.63, 3.8) is 0 Å². The highest BCUT2D eigenvalue weighted by Crippen LogP contribution is 2.29. The molecule has 3 rings (SSSR count). The molecule has 2 atom stereocenters. The number of hydrogen-bond acceptors (Lipinski definition) is 2. The van der Waals surface area contributed by atoms with E-state index in [0.717, 1.165) is 18.5 Å². The normalized spacial score (nSPS) is 22.3. The summed E-state index contributed by atoms with van der Waals surface area (Å²) in [7, 11) is 0. The zero-order chi connectivity index (χ0) is 13.6. The van der Waals surface area contributed by atoms with Crippen molar-refractivity contribution in [3.8, 4) is 11.3 Å². The second kappa shape index (κ2) is 4.49. The second-order valence-electron chi connectivity index (χ2n) is 5.71. The number of nitrogens with two attached hydrogens (primary N) is 1. The Bertz CT molecular complexity index is 612. The highest BCUT2D eigenvalue weighted by atomic mass is 15.1. The fourth-order valence-corrected chi connectivity index (χ4v) is 2.94. The van der Waals surface area contributed by atoms with Crippen LogP contribution in [0.5, 0.6) is 0 Å². The molecule has 3 heteroatoms. The molecule has 100 valence electrons. The standard InChI is InChI=1S/C16H21N3/c1-10-4-5-13(11(2)8-10)15-9-19-12(3)14(17)6-7-16(19)18-15/h4-5,8-9,12,14H,6-7,17H2,1-3H3. The Balaban J connectivity index is 2.06. The third-order valence-electron chi connectivity index (χ3n) is 4.23. The van der Waals surface area contributed by atoms with Crippen LogP contribution in [0, 0.1) is 13.8 Å². The van der Waals surface area contributed by atoms with Gasteiger partial charge < -0.3 is 10.3 Å². The molecule has 3 nitrogen and oxygen atoms in total. The van der Waals surface area contributed by atoms with E-state index in [-0.39, 0.29) is 6.04 Å². The number of aryl methyl sites for hydroxylation is 3. The largest absolute Gasteiger partial charge is 0.330 e. The first kappa shape index (κ1) is 12.4. The summed E-state index contributed by atoms with van der Waals surface area (Å²) in [6.07, 6.45) is 4.18. The third kappa shape index (κ3) is 2.08. The summed E-state index contributed by atoms with van der Waals surface area (Å²) >= 11 is 0. The lowest BCUT2D eigenvalue weighted by atomic mass is 10.0. The van der Waals surface area contributed by atoms with Gasteiger partial charge in [-0.15, -0.1) is 0 Å². The minimum atomic E-state index is 0.244. The minimum absolute atomic E-state index is 0.244. The van der Waals surface area contributed by atoms with E-state index in [1.54, 1.807) is 0 Å². The number of aromatic nitrogens is 2. The first-order chi connectivity index (χ1) is 9.06. The van der Waals surface area contributed by atoms with Crippen LogP contribution in [0.2, 0.25) is 0 Å². The number of hydrogen-bond donors (Lipinski definition) is 1. The van der Waals surface area contributed by atoms with Gasteiger partial charge in [-0.3, -0.25) is 0 Å². The SMILES string of the molecule is Cc1ccc(-c2cn3c(n2)CCC(N)C3C)c(C)c1. The van der Waals surface area contributed by atoms with Gasteiger partial charge in [-0.2, -0.15) is 0 Å². The molecule has 0 amide bonds. The van der Waals surface area contributed by atoms with Crippen LogP contribution in [-0.2, 0) is 6.42 Å². The summed E-state index contributed by atoms with van der Waals surface area (Å²) in [5.74, 6) is 1.17. The van der Waals surface area contributed by atoms with Gasteiger partial charge in [0.1, 0.15) is 5.82 Å². The van der Waals surface area contributed by atoms with E-state index in [9.17, 15) is 0 Å². The molecule has 1 aromatic heterocycles. The van der Waals surface area contributed by atoms with Gasteiger partial charge in [-0.1, -0.05) is 23.8 Å². The number of fused-ring (bicyclic) bond motifs is 1. The lowest BCUT2D eigenvalue weighted by Gasteiger charge is -2.27. The summed E-state index contributed by atoms with van der Waals surface area (Å²) in [4.78, 5) is 4.80. The van der Waals surface area contributed by atoms with Gasteiger partial charge in [0.05, 0.1) is 5.69 Å². The minimum Gasteiger partial charge on any atom is -0.330 e. The maximum Gasteiger partial charge on any atom is 0.109 e. The molecule has 0 fully saturated rings. The quantitative estimate of drug-likeness (QED) is 0.851. The number of nitrogens with zero attached hydrogens (tertiary/aromatic N) is 2. The summed E-state index contributed by atoms with van der Waals surface area (Å²) in [5, 5.41) is 0. The van der Waals surface area contributed by atoms with Crippen molar-refractivity contribution in [1.29, 1.82) is 0 Å². The summed E-state index contributed by atoms with van der Waals surface area (Å²) in [6.45, 7) is 6.45. The van der Waals surface area contributed by atoms with E-state index in [1.807, 2.05) is 0 Å². The monoisotopic (exact) mass is 255 g/mol. The molecule has 2 N–H and O–H groups in total. The van der Waals surface area contributed by atoms with Gasteiger partial charge in [-0.05, 0) is 32.8 Å². The number of benzene rings is 1. The van der Waals surface area contributed by atoms with Gasteiger partial charge >= 0.3 is 0 Å². The van der Waals surface area contributed by atoms with Crippen LogP contribution in [0.15, 0.2) is 24.4 Å². The molecular formula is C16H21N3. The Kier molecular flexibility index (Phi) is 2.94. The molecule has 0 spiro atoms. The van der Waals surface area contributed by atoms with Crippen LogP contribution >= 0.6 is 0 Å². The van der Waals surface area contributed by atoms with Gasteiger partial charge in [0, 0.05) is 30.3 Å². The van der Waals surface area contributed by atoms with Crippen molar-refractivity contribution < 1.29 is 0 Å². The first-order valence-corrected chi connectivity index (χ1v) is 6.97. The first-order valence-electron chi connectivity index (χ1n) is 6.97. The van der Waals surface area contributed by atoms with Crippen LogP contribution in [0.1, 0.15) is 36.3 Å². The fourth-order valence-electron chi connectivity index (χ4n) is 2.94. The van der Waals surface area contributed by atoms with Crippen molar-refractivity contribution in [2.45, 2.75) is 45.7 Å². The molecule has 2 aromatic rings. The van der Waals surface area contributed by atoms with E-state index in [1.165, 1.54) is 22.5 Å². The fraction of sp³-hybridized carbons (Fsp3) is 0.438. The highest BCUT2D eigenvalue weighted by Gasteiger charge is 2.24. The smallest absolute Gasteiger partial charge is 0.109 e. The molecule has 0 bridgehead atoms. The molecule has 2 unspecified atom stereocenters. The Morgan fingerprint density at radius 2 is 2.11 bits per heavy atom. The molecular weight excluding hydrogens is 234 g/mol. The van der Waals surface area contributed by atoms with E-state index in [0.29, 0.717) is 6.04 Å². The van der Waals surface area contributed by atoms with E-state index < -0.39 is 0 Å². The Hall–Kier alpha value is -1.61. The molecule has 0 radical (unpaired) electrons. The Labute approximate surface area is 114 Å². The average Bonchev–Trinajstić information content (AvgIpc) is 2.78. The van der Waals surface area contributed by atoms with Crippen LogP contribution in [0.3, 0.4) is 0 Å². The Morgan fingerprint density at radius 3 is 2.84 bits per heavy atom. The summed E-state index contributed by atoms with van der Waals surface area (Å²) < 4.78 is 2.25. The van der Waals surface area contributed by atoms with Crippen LogP contribution < -0.4 is 5.73 Å². The maximum atomic E-state index is 6.14. The topological polar surface area (TPSA) is 43.8 Å². The average molecular weight is 255 g/mol. The maximum absolute atomic E-state index is 6.14. The zero-order valence-corrected chi connectivity index (χ0v) is 11.9. The van der Waals surface area contributed by atoms with Gasteiger partial charge in [0.25, 0.3) is 0 Å². The van der Waals surface area contributed by atoms with Gasteiger partial charge in [-0.25, -0.2) is 4.98 Å². The van der Waals surface area contributed by atoms with Gasteiger partial charge in [0.15, 0.2) is 0 Å². The predicted octanol–water partition coefficient (Wildman–Crippen LogP) is 3.00. The van der Waals surface area contributed by atoms with Crippen molar-refractivity contribution in [2.24, 2.45) is 5.73 Å².